The molecule has 3 amide bonds. The Labute approximate surface area is 206 Å². The van der Waals surface area contributed by atoms with E-state index in [9.17, 15) is 14.4 Å². The van der Waals surface area contributed by atoms with Gasteiger partial charge < -0.3 is 27.8 Å². The molecule has 0 aromatic heterocycles. The van der Waals surface area contributed by atoms with Gasteiger partial charge in [-0.15, -0.1) is 0 Å². The van der Waals surface area contributed by atoms with Crippen LogP contribution in [-0.4, -0.2) is 42.8 Å². The molecular formula is C25H50N6O3. The van der Waals surface area contributed by atoms with Crippen LogP contribution in [0.15, 0.2) is 4.99 Å². The Balaban J connectivity index is 3.65. The molecule has 0 bridgehead atoms. The first-order chi connectivity index (χ1) is 16.4. The first kappa shape index (κ1) is 31.7. The molecule has 9 heteroatoms. The average molecular weight is 483 g/mol. The molecule has 0 aliphatic rings. The van der Waals surface area contributed by atoms with Crippen molar-refractivity contribution in [1.82, 2.24) is 10.6 Å². The van der Waals surface area contributed by atoms with Crippen LogP contribution < -0.4 is 27.8 Å². The maximum atomic E-state index is 12.0. The molecule has 198 valence electrons. The zero-order chi connectivity index (χ0) is 25.4. The van der Waals surface area contributed by atoms with Crippen LogP contribution in [0.2, 0.25) is 0 Å². The normalized spacial score (nSPS) is 11.6. The standard InChI is InChI=1S/C25H50N6O3/c1-2-3-4-5-6-7-8-9-10-11-12-13-14-17-22(32)29-20-18-23(33)31-21(24(26)34)16-15-19-30-25(27)28/h21H,2-20H2,1H3,(H2,26,34)(H,29,32)(H,31,33)(H4,27,28,30)/t21-/m0/s1. The van der Waals surface area contributed by atoms with Crippen molar-refractivity contribution < 1.29 is 14.4 Å². The van der Waals surface area contributed by atoms with Crippen molar-refractivity contribution in [3.8, 4) is 0 Å². The predicted molar refractivity (Wildman–Crippen MR) is 139 cm³/mol. The molecule has 0 unspecified atom stereocenters. The molecule has 34 heavy (non-hydrogen) atoms. The predicted octanol–water partition coefficient (Wildman–Crippen LogP) is 3.00. The molecule has 0 aliphatic heterocycles. The minimum atomic E-state index is -0.775. The zero-order valence-electron chi connectivity index (χ0n) is 21.4. The SMILES string of the molecule is CCCCCCCCCCCCCCCC(=O)NCCC(=O)N[C@@H](CCCN=C(N)N)C(N)=O. The van der Waals surface area contributed by atoms with E-state index in [0.717, 1.165) is 12.8 Å². The fourth-order valence-corrected chi connectivity index (χ4v) is 3.76. The van der Waals surface area contributed by atoms with Gasteiger partial charge in [0, 0.05) is 25.9 Å². The molecule has 0 heterocycles. The number of unbranched alkanes of at least 4 members (excludes halogenated alkanes) is 12. The molecule has 1 atom stereocenters. The summed E-state index contributed by atoms with van der Waals surface area (Å²) in [7, 11) is 0. The van der Waals surface area contributed by atoms with E-state index in [4.69, 9.17) is 17.2 Å². The van der Waals surface area contributed by atoms with E-state index < -0.39 is 11.9 Å². The summed E-state index contributed by atoms with van der Waals surface area (Å²) < 4.78 is 0. The number of nitrogens with two attached hydrogens (primary N) is 3. The largest absolute Gasteiger partial charge is 0.370 e. The number of guanidine groups is 1. The molecule has 0 fully saturated rings. The van der Waals surface area contributed by atoms with E-state index in [1.54, 1.807) is 0 Å². The highest BCUT2D eigenvalue weighted by atomic mass is 16.2. The summed E-state index contributed by atoms with van der Waals surface area (Å²) in [4.78, 5) is 39.3. The van der Waals surface area contributed by atoms with Gasteiger partial charge >= 0.3 is 0 Å². The van der Waals surface area contributed by atoms with Crippen LogP contribution in [0.5, 0.6) is 0 Å². The van der Waals surface area contributed by atoms with E-state index >= 15 is 0 Å². The van der Waals surface area contributed by atoms with E-state index in [1.807, 2.05) is 0 Å². The lowest BCUT2D eigenvalue weighted by molar-refractivity contribution is -0.127. The summed E-state index contributed by atoms with van der Waals surface area (Å²) in [5.41, 5.74) is 15.8. The lowest BCUT2D eigenvalue weighted by atomic mass is 10.0. The van der Waals surface area contributed by atoms with Gasteiger partial charge in [-0.1, -0.05) is 84.0 Å². The number of nitrogens with one attached hydrogen (secondary N) is 2. The Kier molecular flexibility index (Phi) is 20.9. The molecule has 0 aliphatic carbocycles. The second kappa shape index (κ2) is 22.5. The number of carbonyl (C=O) groups is 3. The number of aliphatic imine (C=N–C) groups is 1. The molecule has 0 radical (unpaired) electrons. The minimum Gasteiger partial charge on any atom is -0.370 e. The van der Waals surface area contributed by atoms with Gasteiger partial charge in [0.25, 0.3) is 0 Å². The monoisotopic (exact) mass is 482 g/mol. The van der Waals surface area contributed by atoms with Gasteiger partial charge in [0.15, 0.2) is 5.96 Å². The molecule has 0 aromatic rings. The van der Waals surface area contributed by atoms with Crippen molar-refractivity contribution in [2.45, 2.75) is 122 Å². The topological polar surface area (TPSA) is 166 Å². The summed E-state index contributed by atoms with van der Waals surface area (Å²) in [5, 5.41) is 5.36. The summed E-state index contributed by atoms with van der Waals surface area (Å²) in [6.45, 7) is 2.85. The first-order valence-corrected chi connectivity index (χ1v) is 13.3. The Bertz CT molecular complexity index is 579. The molecule has 0 spiro atoms. The quantitative estimate of drug-likeness (QED) is 0.0856. The number of carbonyl (C=O) groups excluding carboxylic acids is 3. The summed E-state index contributed by atoms with van der Waals surface area (Å²) in [5.74, 6) is -0.995. The van der Waals surface area contributed by atoms with Crippen molar-refractivity contribution in [2.24, 2.45) is 22.2 Å². The van der Waals surface area contributed by atoms with Crippen molar-refractivity contribution >= 4 is 23.7 Å². The van der Waals surface area contributed by atoms with Crippen molar-refractivity contribution in [2.75, 3.05) is 13.1 Å². The number of hydrogen-bond donors (Lipinski definition) is 5. The van der Waals surface area contributed by atoms with Crippen molar-refractivity contribution in [1.29, 1.82) is 0 Å². The maximum absolute atomic E-state index is 12.0. The van der Waals surface area contributed by atoms with E-state index in [0.29, 0.717) is 25.8 Å². The Morgan fingerprint density at radius 1 is 0.706 bits per heavy atom. The third kappa shape index (κ3) is 21.5. The number of hydrogen-bond acceptors (Lipinski definition) is 4. The molecule has 0 aromatic carbocycles. The molecular weight excluding hydrogens is 432 g/mol. The maximum Gasteiger partial charge on any atom is 0.240 e. The molecule has 9 nitrogen and oxygen atoms in total. The Morgan fingerprint density at radius 2 is 1.24 bits per heavy atom. The number of rotatable bonds is 23. The smallest absolute Gasteiger partial charge is 0.240 e. The third-order valence-electron chi connectivity index (χ3n) is 5.81. The molecule has 8 N–H and O–H groups in total. The zero-order valence-corrected chi connectivity index (χ0v) is 21.4. The fourth-order valence-electron chi connectivity index (χ4n) is 3.76. The van der Waals surface area contributed by atoms with Crippen molar-refractivity contribution in [3.05, 3.63) is 0 Å². The van der Waals surface area contributed by atoms with Gasteiger partial charge in [0.2, 0.25) is 17.7 Å². The van der Waals surface area contributed by atoms with Crippen LogP contribution in [0.3, 0.4) is 0 Å². The highest BCUT2D eigenvalue weighted by Gasteiger charge is 2.17. The van der Waals surface area contributed by atoms with Gasteiger partial charge in [-0.25, -0.2) is 0 Å². The van der Waals surface area contributed by atoms with Crippen LogP contribution in [0.1, 0.15) is 116 Å². The van der Waals surface area contributed by atoms with E-state index in [1.165, 1.54) is 70.6 Å². The fraction of sp³-hybridized carbons (Fsp3) is 0.840. The van der Waals surface area contributed by atoms with Crippen molar-refractivity contribution in [3.63, 3.8) is 0 Å². The first-order valence-electron chi connectivity index (χ1n) is 13.3. The van der Waals surface area contributed by atoms with Crippen LogP contribution in [0, 0.1) is 0 Å². The van der Waals surface area contributed by atoms with Gasteiger partial charge in [-0.2, -0.15) is 0 Å². The summed E-state index contributed by atoms with van der Waals surface area (Å²) in [6, 6.07) is -0.775. The lowest BCUT2D eigenvalue weighted by Gasteiger charge is -2.15. The number of nitrogens with zero attached hydrogens (tertiary/aromatic N) is 1. The summed E-state index contributed by atoms with van der Waals surface area (Å²) >= 11 is 0. The van der Waals surface area contributed by atoms with E-state index in [2.05, 4.69) is 22.5 Å². The number of primary amides is 1. The Hall–Kier alpha value is -2.32. The van der Waals surface area contributed by atoms with Crippen LogP contribution in [0.25, 0.3) is 0 Å². The highest BCUT2D eigenvalue weighted by Crippen LogP contribution is 2.12. The number of amides is 3. The summed E-state index contributed by atoms with van der Waals surface area (Å²) in [6.07, 6.45) is 17.9. The van der Waals surface area contributed by atoms with E-state index in [-0.39, 0.29) is 30.7 Å². The van der Waals surface area contributed by atoms with Crippen LogP contribution in [-0.2, 0) is 14.4 Å². The van der Waals surface area contributed by atoms with Gasteiger partial charge in [-0.05, 0) is 19.3 Å². The van der Waals surface area contributed by atoms with Gasteiger partial charge in [0.05, 0.1) is 0 Å². The second-order valence-electron chi connectivity index (χ2n) is 9.06. The molecule has 0 saturated carbocycles. The Morgan fingerprint density at radius 3 is 1.74 bits per heavy atom. The van der Waals surface area contributed by atoms with Crippen LogP contribution >= 0.6 is 0 Å². The van der Waals surface area contributed by atoms with Gasteiger partial charge in [-0.3, -0.25) is 19.4 Å². The highest BCUT2D eigenvalue weighted by molar-refractivity contribution is 5.86. The molecule has 0 rings (SSSR count). The lowest BCUT2D eigenvalue weighted by Crippen LogP contribution is -2.45. The average Bonchev–Trinajstić information content (AvgIpc) is 2.78. The minimum absolute atomic E-state index is 0.0193. The van der Waals surface area contributed by atoms with Gasteiger partial charge in [0.1, 0.15) is 6.04 Å². The van der Waals surface area contributed by atoms with Crippen LogP contribution in [0.4, 0.5) is 0 Å². The third-order valence-corrected chi connectivity index (χ3v) is 5.81. The molecule has 0 saturated heterocycles. The second-order valence-corrected chi connectivity index (χ2v) is 9.06.